The molecule has 17 heavy (non-hydrogen) atoms. The minimum atomic E-state index is 0.541. The quantitative estimate of drug-likeness (QED) is 0.762. The lowest BCUT2D eigenvalue weighted by Crippen LogP contribution is -2.35. The molecule has 0 aromatic heterocycles. The second kappa shape index (κ2) is 6.03. The number of hydrogen-bond acceptors (Lipinski definition) is 3. The van der Waals surface area contributed by atoms with Gasteiger partial charge in [0.2, 0.25) is 0 Å². The average Bonchev–Trinajstić information content (AvgIpc) is 2.71. The first-order chi connectivity index (χ1) is 8.29. The van der Waals surface area contributed by atoms with Crippen LogP contribution in [0.1, 0.15) is 12.5 Å². The Bertz CT molecular complexity index is 329. The van der Waals surface area contributed by atoms with Crippen LogP contribution >= 0.6 is 0 Å². The predicted octanol–water partition coefficient (Wildman–Crippen LogP) is 1.99. The van der Waals surface area contributed by atoms with Gasteiger partial charge in [-0.2, -0.15) is 0 Å². The first kappa shape index (κ1) is 12.4. The molecule has 1 aliphatic heterocycles. The number of anilines is 1. The minimum Gasteiger partial charge on any atom is -0.380 e. The molecule has 3 heteroatoms. The van der Waals surface area contributed by atoms with E-state index in [0.717, 1.165) is 32.7 Å². The molecule has 0 bridgehead atoms. The van der Waals surface area contributed by atoms with E-state index in [9.17, 15) is 0 Å². The summed E-state index contributed by atoms with van der Waals surface area (Å²) in [6.45, 7) is 5.74. The summed E-state index contributed by atoms with van der Waals surface area (Å²) in [6.07, 6.45) is 1.13. The standard InChI is InChI=1S/C14H22N2O/c1-3-17-9-8-16(2)11-13-10-12-6-4-5-7-14(12)15-13/h4-7,13,15H,3,8-11H2,1-2H3. The highest BCUT2D eigenvalue weighted by Crippen LogP contribution is 2.25. The van der Waals surface area contributed by atoms with Crippen LogP contribution in [0.3, 0.4) is 0 Å². The Morgan fingerprint density at radius 1 is 1.41 bits per heavy atom. The van der Waals surface area contributed by atoms with Gasteiger partial charge in [0.05, 0.1) is 6.61 Å². The molecule has 94 valence electrons. The summed E-state index contributed by atoms with van der Waals surface area (Å²) in [5.74, 6) is 0. The van der Waals surface area contributed by atoms with E-state index in [-0.39, 0.29) is 0 Å². The molecule has 1 aromatic carbocycles. The Labute approximate surface area is 104 Å². The van der Waals surface area contributed by atoms with Crippen molar-refractivity contribution in [2.24, 2.45) is 0 Å². The maximum absolute atomic E-state index is 5.37. The smallest absolute Gasteiger partial charge is 0.0593 e. The molecular weight excluding hydrogens is 212 g/mol. The number of nitrogens with one attached hydrogen (secondary N) is 1. The zero-order valence-corrected chi connectivity index (χ0v) is 10.8. The largest absolute Gasteiger partial charge is 0.380 e. The number of nitrogens with zero attached hydrogens (tertiary/aromatic N) is 1. The molecule has 1 unspecified atom stereocenters. The molecule has 0 saturated carbocycles. The van der Waals surface area contributed by atoms with Crippen LogP contribution < -0.4 is 5.32 Å². The number of rotatable bonds is 6. The van der Waals surface area contributed by atoms with Gasteiger partial charge >= 0.3 is 0 Å². The van der Waals surface area contributed by atoms with E-state index < -0.39 is 0 Å². The van der Waals surface area contributed by atoms with Crippen LogP contribution in [0.2, 0.25) is 0 Å². The summed E-state index contributed by atoms with van der Waals surface area (Å²) in [7, 11) is 2.16. The van der Waals surface area contributed by atoms with Crippen molar-refractivity contribution in [2.75, 3.05) is 38.7 Å². The zero-order valence-electron chi connectivity index (χ0n) is 10.8. The summed E-state index contributed by atoms with van der Waals surface area (Å²) in [5, 5.41) is 3.57. The molecule has 0 saturated heterocycles. The molecular formula is C14H22N2O. The Hall–Kier alpha value is -1.06. The lowest BCUT2D eigenvalue weighted by atomic mass is 10.1. The van der Waals surface area contributed by atoms with Gasteiger partial charge in [0, 0.05) is 31.4 Å². The van der Waals surface area contributed by atoms with Crippen LogP contribution in [0.15, 0.2) is 24.3 Å². The highest BCUT2D eigenvalue weighted by molar-refractivity contribution is 5.56. The van der Waals surface area contributed by atoms with E-state index in [1.807, 2.05) is 6.92 Å². The van der Waals surface area contributed by atoms with Crippen molar-refractivity contribution in [1.82, 2.24) is 4.90 Å². The van der Waals surface area contributed by atoms with Gasteiger partial charge < -0.3 is 15.0 Å². The molecule has 1 atom stereocenters. The van der Waals surface area contributed by atoms with Crippen LogP contribution in [0, 0.1) is 0 Å². The van der Waals surface area contributed by atoms with Gasteiger partial charge in [-0.1, -0.05) is 18.2 Å². The zero-order chi connectivity index (χ0) is 12.1. The molecule has 0 aliphatic carbocycles. The normalized spacial score (nSPS) is 18.2. The van der Waals surface area contributed by atoms with Crippen molar-refractivity contribution in [3.8, 4) is 0 Å². The minimum absolute atomic E-state index is 0.541. The topological polar surface area (TPSA) is 24.5 Å². The molecule has 0 amide bonds. The fraction of sp³-hybridized carbons (Fsp3) is 0.571. The van der Waals surface area contributed by atoms with Crippen LogP contribution in [-0.2, 0) is 11.2 Å². The van der Waals surface area contributed by atoms with Gasteiger partial charge in [-0.05, 0) is 32.0 Å². The summed E-state index contributed by atoms with van der Waals surface area (Å²) >= 11 is 0. The summed E-state index contributed by atoms with van der Waals surface area (Å²) in [5.41, 5.74) is 2.74. The first-order valence-corrected chi connectivity index (χ1v) is 6.40. The summed E-state index contributed by atoms with van der Waals surface area (Å²) < 4.78 is 5.37. The molecule has 1 aromatic rings. The molecule has 0 radical (unpaired) electrons. The fourth-order valence-electron chi connectivity index (χ4n) is 2.32. The van der Waals surface area contributed by atoms with E-state index in [4.69, 9.17) is 4.74 Å². The second-order valence-electron chi connectivity index (χ2n) is 4.66. The van der Waals surface area contributed by atoms with Gasteiger partial charge in [0.1, 0.15) is 0 Å². The highest BCUT2D eigenvalue weighted by Gasteiger charge is 2.20. The highest BCUT2D eigenvalue weighted by atomic mass is 16.5. The number of hydrogen-bond donors (Lipinski definition) is 1. The third-order valence-corrected chi connectivity index (χ3v) is 3.20. The molecule has 1 N–H and O–H groups in total. The SMILES string of the molecule is CCOCCN(C)CC1Cc2ccccc2N1. The van der Waals surface area contributed by atoms with Crippen molar-refractivity contribution in [2.45, 2.75) is 19.4 Å². The van der Waals surface area contributed by atoms with Crippen molar-refractivity contribution >= 4 is 5.69 Å². The number of para-hydroxylation sites is 1. The summed E-state index contributed by atoms with van der Waals surface area (Å²) in [6, 6.07) is 9.12. The van der Waals surface area contributed by atoms with E-state index in [2.05, 4.69) is 41.5 Å². The average molecular weight is 234 g/mol. The number of ether oxygens (including phenoxy) is 1. The maximum atomic E-state index is 5.37. The van der Waals surface area contributed by atoms with E-state index >= 15 is 0 Å². The Balaban J connectivity index is 1.75. The van der Waals surface area contributed by atoms with E-state index in [0.29, 0.717) is 6.04 Å². The third kappa shape index (κ3) is 3.45. The number of benzene rings is 1. The van der Waals surface area contributed by atoms with Gasteiger partial charge in [-0.25, -0.2) is 0 Å². The Morgan fingerprint density at radius 2 is 2.24 bits per heavy atom. The van der Waals surface area contributed by atoms with Crippen molar-refractivity contribution in [3.05, 3.63) is 29.8 Å². The van der Waals surface area contributed by atoms with Crippen molar-refractivity contribution in [1.29, 1.82) is 0 Å². The van der Waals surface area contributed by atoms with Crippen molar-refractivity contribution < 1.29 is 4.74 Å². The van der Waals surface area contributed by atoms with E-state index in [1.165, 1.54) is 11.3 Å². The monoisotopic (exact) mass is 234 g/mol. The third-order valence-electron chi connectivity index (χ3n) is 3.20. The Morgan fingerprint density at radius 3 is 3.00 bits per heavy atom. The van der Waals surface area contributed by atoms with Gasteiger partial charge in [0.25, 0.3) is 0 Å². The first-order valence-electron chi connectivity index (χ1n) is 6.40. The maximum Gasteiger partial charge on any atom is 0.0593 e. The lowest BCUT2D eigenvalue weighted by Gasteiger charge is -2.21. The second-order valence-corrected chi connectivity index (χ2v) is 4.66. The van der Waals surface area contributed by atoms with Crippen LogP contribution in [0.4, 0.5) is 5.69 Å². The van der Waals surface area contributed by atoms with Crippen LogP contribution in [0.25, 0.3) is 0 Å². The van der Waals surface area contributed by atoms with E-state index in [1.54, 1.807) is 0 Å². The lowest BCUT2D eigenvalue weighted by molar-refractivity contribution is 0.121. The van der Waals surface area contributed by atoms with Gasteiger partial charge in [-0.3, -0.25) is 0 Å². The van der Waals surface area contributed by atoms with Crippen LogP contribution in [0.5, 0.6) is 0 Å². The predicted molar refractivity (Wildman–Crippen MR) is 71.5 cm³/mol. The fourth-order valence-corrected chi connectivity index (χ4v) is 2.32. The summed E-state index contributed by atoms with van der Waals surface area (Å²) in [4.78, 5) is 2.33. The number of likely N-dealkylation sites (N-methyl/N-ethyl adjacent to an activating group) is 1. The Kier molecular flexibility index (Phi) is 4.40. The van der Waals surface area contributed by atoms with Gasteiger partial charge in [0.15, 0.2) is 0 Å². The van der Waals surface area contributed by atoms with Gasteiger partial charge in [-0.15, -0.1) is 0 Å². The number of fused-ring (bicyclic) bond motifs is 1. The molecule has 0 fully saturated rings. The molecule has 2 rings (SSSR count). The molecule has 3 nitrogen and oxygen atoms in total. The molecule has 1 heterocycles. The van der Waals surface area contributed by atoms with Crippen LogP contribution in [-0.4, -0.2) is 44.3 Å². The van der Waals surface area contributed by atoms with Crippen molar-refractivity contribution in [3.63, 3.8) is 0 Å². The molecule has 0 spiro atoms. The molecule has 1 aliphatic rings.